The lowest BCUT2D eigenvalue weighted by Crippen LogP contribution is -2.46. The Hall–Kier alpha value is -2.44. The van der Waals surface area contributed by atoms with E-state index in [1.54, 1.807) is 13.8 Å². The van der Waals surface area contributed by atoms with Crippen molar-refractivity contribution < 1.29 is 23.9 Å². The molecule has 1 rings (SSSR count). The van der Waals surface area contributed by atoms with Gasteiger partial charge in [-0.2, -0.15) is 0 Å². The van der Waals surface area contributed by atoms with Crippen LogP contribution in [-0.2, 0) is 9.59 Å². The molecule has 1 aromatic rings. The topological polar surface area (TPSA) is 95.5 Å². The standard InChI is InChI=1S/C14H17FN2O4/c1-7(2)12(16-8(3)18)13(19)17-11-5-4-9(14(20)21)6-10(11)15/h4-7,12H,1-3H3,(H,16,18)(H,17,19)(H,20,21). The van der Waals surface area contributed by atoms with Crippen LogP contribution in [0.3, 0.4) is 0 Å². The van der Waals surface area contributed by atoms with Gasteiger partial charge in [0.25, 0.3) is 0 Å². The zero-order valence-electron chi connectivity index (χ0n) is 11.9. The third kappa shape index (κ3) is 4.55. The predicted octanol–water partition coefficient (Wildman–Crippen LogP) is 1.62. The van der Waals surface area contributed by atoms with Crippen molar-refractivity contribution in [3.63, 3.8) is 0 Å². The molecule has 3 N–H and O–H groups in total. The van der Waals surface area contributed by atoms with Crippen molar-refractivity contribution in [3.05, 3.63) is 29.6 Å². The summed E-state index contributed by atoms with van der Waals surface area (Å²) in [6.45, 7) is 4.76. The lowest BCUT2D eigenvalue weighted by atomic mass is 10.0. The van der Waals surface area contributed by atoms with E-state index in [1.165, 1.54) is 19.1 Å². The molecule has 0 heterocycles. The Labute approximate surface area is 121 Å². The number of aromatic carboxylic acids is 1. The van der Waals surface area contributed by atoms with Crippen molar-refractivity contribution in [2.45, 2.75) is 26.8 Å². The van der Waals surface area contributed by atoms with Crippen molar-refractivity contribution in [2.24, 2.45) is 5.92 Å². The molecule has 2 amide bonds. The highest BCUT2D eigenvalue weighted by Gasteiger charge is 2.24. The molecule has 1 aromatic carbocycles. The van der Waals surface area contributed by atoms with Gasteiger partial charge in [0.1, 0.15) is 11.9 Å². The van der Waals surface area contributed by atoms with E-state index in [4.69, 9.17) is 5.11 Å². The van der Waals surface area contributed by atoms with E-state index in [9.17, 15) is 18.8 Å². The van der Waals surface area contributed by atoms with Gasteiger partial charge >= 0.3 is 5.97 Å². The number of amides is 2. The molecule has 0 saturated carbocycles. The summed E-state index contributed by atoms with van der Waals surface area (Å²) in [6.07, 6.45) is 0. The van der Waals surface area contributed by atoms with Crippen LogP contribution in [0.5, 0.6) is 0 Å². The maximum Gasteiger partial charge on any atom is 0.335 e. The minimum absolute atomic E-state index is 0.138. The lowest BCUT2D eigenvalue weighted by Gasteiger charge is -2.21. The number of carboxylic acids is 1. The highest BCUT2D eigenvalue weighted by Crippen LogP contribution is 2.17. The van der Waals surface area contributed by atoms with E-state index in [-0.39, 0.29) is 23.1 Å². The second kappa shape index (κ2) is 6.83. The summed E-state index contributed by atoms with van der Waals surface area (Å²) in [5.74, 6) is -3.23. The number of nitrogens with one attached hydrogen (secondary N) is 2. The van der Waals surface area contributed by atoms with Crippen molar-refractivity contribution in [1.82, 2.24) is 5.32 Å². The molecular formula is C14H17FN2O4. The molecule has 0 spiro atoms. The Morgan fingerprint density at radius 1 is 1.24 bits per heavy atom. The van der Waals surface area contributed by atoms with E-state index < -0.39 is 23.7 Å². The highest BCUT2D eigenvalue weighted by molar-refractivity contribution is 5.97. The maximum atomic E-state index is 13.7. The molecule has 0 aliphatic carbocycles. The number of hydrogen-bond acceptors (Lipinski definition) is 3. The van der Waals surface area contributed by atoms with Gasteiger partial charge in [0.2, 0.25) is 11.8 Å². The maximum absolute atomic E-state index is 13.7. The smallest absolute Gasteiger partial charge is 0.335 e. The molecule has 0 fully saturated rings. The molecule has 1 unspecified atom stereocenters. The van der Waals surface area contributed by atoms with Gasteiger partial charge in [-0.3, -0.25) is 9.59 Å². The lowest BCUT2D eigenvalue weighted by molar-refractivity contribution is -0.126. The number of halogens is 1. The molecule has 6 nitrogen and oxygen atoms in total. The van der Waals surface area contributed by atoms with E-state index in [2.05, 4.69) is 10.6 Å². The van der Waals surface area contributed by atoms with Crippen LogP contribution in [0.4, 0.5) is 10.1 Å². The Morgan fingerprint density at radius 3 is 2.29 bits per heavy atom. The first kappa shape index (κ1) is 16.6. The third-order valence-electron chi connectivity index (χ3n) is 2.78. The monoisotopic (exact) mass is 296 g/mol. The van der Waals surface area contributed by atoms with Crippen LogP contribution < -0.4 is 10.6 Å². The first-order chi connectivity index (χ1) is 9.72. The Kier molecular flexibility index (Phi) is 5.40. The number of rotatable bonds is 5. The van der Waals surface area contributed by atoms with E-state index >= 15 is 0 Å². The molecule has 114 valence electrons. The number of carbonyl (C=O) groups excluding carboxylic acids is 2. The summed E-state index contributed by atoms with van der Waals surface area (Å²) in [5, 5.41) is 13.6. The summed E-state index contributed by atoms with van der Waals surface area (Å²) < 4.78 is 13.7. The van der Waals surface area contributed by atoms with Crippen molar-refractivity contribution >= 4 is 23.5 Å². The van der Waals surface area contributed by atoms with Crippen LogP contribution in [0, 0.1) is 11.7 Å². The van der Waals surface area contributed by atoms with Crippen LogP contribution in [-0.4, -0.2) is 28.9 Å². The second-order valence-electron chi connectivity index (χ2n) is 4.91. The van der Waals surface area contributed by atoms with Gasteiger partial charge < -0.3 is 15.7 Å². The summed E-state index contributed by atoms with van der Waals surface area (Å²) in [6, 6.07) is 2.37. The van der Waals surface area contributed by atoms with Gasteiger partial charge in [-0.15, -0.1) is 0 Å². The summed E-state index contributed by atoms with van der Waals surface area (Å²) in [4.78, 5) is 33.8. The minimum atomic E-state index is -1.26. The average molecular weight is 296 g/mol. The van der Waals surface area contributed by atoms with E-state index in [0.717, 1.165) is 6.07 Å². The van der Waals surface area contributed by atoms with Gasteiger partial charge in [-0.05, 0) is 24.1 Å². The quantitative estimate of drug-likeness (QED) is 0.769. The highest BCUT2D eigenvalue weighted by atomic mass is 19.1. The van der Waals surface area contributed by atoms with Crippen molar-refractivity contribution in [3.8, 4) is 0 Å². The Morgan fingerprint density at radius 2 is 1.86 bits per heavy atom. The summed E-state index contributed by atoms with van der Waals surface area (Å²) >= 11 is 0. The molecule has 0 radical (unpaired) electrons. The molecule has 0 saturated heterocycles. The first-order valence-electron chi connectivity index (χ1n) is 6.33. The number of anilines is 1. The fourth-order valence-corrected chi connectivity index (χ4v) is 1.71. The van der Waals surface area contributed by atoms with Gasteiger partial charge in [0.05, 0.1) is 11.3 Å². The number of carboxylic acid groups (broad SMARTS) is 1. The fourth-order valence-electron chi connectivity index (χ4n) is 1.71. The van der Waals surface area contributed by atoms with Crippen LogP contribution in [0.1, 0.15) is 31.1 Å². The predicted molar refractivity (Wildman–Crippen MR) is 74.4 cm³/mol. The first-order valence-corrected chi connectivity index (χ1v) is 6.33. The Balaban J connectivity index is 2.91. The molecule has 21 heavy (non-hydrogen) atoms. The molecule has 0 aliphatic heterocycles. The van der Waals surface area contributed by atoms with Crippen LogP contribution in [0.15, 0.2) is 18.2 Å². The van der Waals surface area contributed by atoms with Gasteiger partial charge in [0, 0.05) is 6.92 Å². The molecule has 0 aliphatic rings. The number of carbonyl (C=O) groups is 3. The van der Waals surface area contributed by atoms with E-state index in [0.29, 0.717) is 0 Å². The number of hydrogen-bond donors (Lipinski definition) is 3. The molecule has 7 heteroatoms. The largest absolute Gasteiger partial charge is 0.478 e. The minimum Gasteiger partial charge on any atom is -0.478 e. The number of benzene rings is 1. The Bertz CT molecular complexity index is 572. The van der Waals surface area contributed by atoms with Crippen molar-refractivity contribution in [1.29, 1.82) is 0 Å². The summed E-state index contributed by atoms with van der Waals surface area (Å²) in [7, 11) is 0. The zero-order valence-corrected chi connectivity index (χ0v) is 11.9. The van der Waals surface area contributed by atoms with Crippen LogP contribution in [0.2, 0.25) is 0 Å². The van der Waals surface area contributed by atoms with Gasteiger partial charge in [0.15, 0.2) is 0 Å². The molecule has 1 atom stereocenters. The molecule has 0 aromatic heterocycles. The van der Waals surface area contributed by atoms with Crippen LogP contribution in [0.25, 0.3) is 0 Å². The van der Waals surface area contributed by atoms with Crippen LogP contribution >= 0.6 is 0 Å². The zero-order chi connectivity index (χ0) is 16.2. The van der Waals surface area contributed by atoms with Gasteiger partial charge in [-0.1, -0.05) is 13.8 Å². The fraction of sp³-hybridized carbons (Fsp3) is 0.357. The second-order valence-corrected chi connectivity index (χ2v) is 4.91. The average Bonchev–Trinajstić information content (AvgIpc) is 2.37. The van der Waals surface area contributed by atoms with Crippen molar-refractivity contribution in [2.75, 3.05) is 5.32 Å². The normalized spacial score (nSPS) is 11.9. The molecular weight excluding hydrogens is 279 g/mol. The molecule has 0 bridgehead atoms. The summed E-state index contributed by atoms with van der Waals surface area (Å²) in [5.41, 5.74) is -0.353. The van der Waals surface area contributed by atoms with E-state index in [1.807, 2.05) is 0 Å². The van der Waals surface area contributed by atoms with Gasteiger partial charge in [-0.25, -0.2) is 9.18 Å². The third-order valence-corrected chi connectivity index (χ3v) is 2.78. The SMILES string of the molecule is CC(=O)NC(C(=O)Nc1ccc(C(=O)O)cc1F)C(C)C.